The van der Waals surface area contributed by atoms with Crippen LogP contribution >= 0.6 is 27.5 Å². The van der Waals surface area contributed by atoms with E-state index in [1.807, 2.05) is 24.3 Å². The lowest BCUT2D eigenvalue weighted by molar-refractivity contribution is 0.103. The minimum Gasteiger partial charge on any atom is -0.289 e. The second-order valence-electron chi connectivity index (χ2n) is 3.32. The largest absolute Gasteiger partial charge is 0.289 e. The maximum absolute atomic E-state index is 12.1. The van der Waals surface area contributed by atoms with Crippen LogP contribution in [-0.4, -0.2) is 5.78 Å². The maximum Gasteiger partial charge on any atom is 0.194 e. The predicted octanol–water partition coefficient (Wildman–Crippen LogP) is 4.33. The molecule has 1 nitrogen and oxygen atoms in total. The molecule has 0 amide bonds. The van der Waals surface area contributed by atoms with Crippen LogP contribution in [0.1, 0.15) is 15.9 Å². The Kier molecular flexibility index (Phi) is 3.42. The number of hydrogen-bond acceptors (Lipinski definition) is 1. The predicted molar refractivity (Wildman–Crippen MR) is 69.0 cm³/mol. The standard InChI is InChI=1S/C13H8BrClO/c14-10-6-7-12(15)11(8-10)13(16)9-4-2-1-3-5-9/h1-8H. The highest BCUT2D eigenvalue weighted by molar-refractivity contribution is 9.10. The maximum atomic E-state index is 12.1. The number of ketones is 1. The summed E-state index contributed by atoms with van der Waals surface area (Å²) in [6, 6.07) is 14.3. The van der Waals surface area contributed by atoms with Crippen molar-refractivity contribution in [2.75, 3.05) is 0 Å². The van der Waals surface area contributed by atoms with Crippen molar-refractivity contribution in [1.29, 1.82) is 0 Å². The van der Waals surface area contributed by atoms with E-state index >= 15 is 0 Å². The number of rotatable bonds is 2. The lowest BCUT2D eigenvalue weighted by atomic mass is 10.0. The normalized spacial score (nSPS) is 10.1. The van der Waals surface area contributed by atoms with E-state index in [4.69, 9.17) is 11.6 Å². The van der Waals surface area contributed by atoms with Crippen LogP contribution in [0.15, 0.2) is 53.0 Å². The molecule has 0 bridgehead atoms. The summed E-state index contributed by atoms with van der Waals surface area (Å²) in [5.41, 5.74) is 1.16. The van der Waals surface area contributed by atoms with Crippen LogP contribution in [0.5, 0.6) is 0 Å². The van der Waals surface area contributed by atoms with Gasteiger partial charge < -0.3 is 0 Å². The molecule has 0 unspecified atom stereocenters. The van der Waals surface area contributed by atoms with Gasteiger partial charge in [-0.05, 0) is 18.2 Å². The smallest absolute Gasteiger partial charge is 0.194 e. The molecule has 3 heteroatoms. The zero-order chi connectivity index (χ0) is 11.5. The van der Waals surface area contributed by atoms with Crippen LogP contribution in [0, 0.1) is 0 Å². The van der Waals surface area contributed by atoms with E-state index in [2.05, 4.69) is 15.9 Å². The average Bonchev–Trinajstić information content (AvgIpc) is 2.32. The Morgan fingerprint density at radius 2 is 1.75 bits per heavy atom. The molecule has 0 saturated carbocycles. The van der Waals surface area contributed by atoms with E-state index in [-0.39, 0.29) is 5.78 Å². The van der Waals surface area contributed by atoms with Crippen LogP contribution in [0.4, 0.5) is 0 Å². The zero-order valence-electron chi connectivity index (χ0n) is 8.28. The molecule has 0 fully saturated rings. The second kappa shape index (κ2) is 4.81. The monoisotopic (exact) mass is 294 g/mol. The Morgan fingerprint density at radius 1 is 1.06 bits per heavy atom. The van der Waals surface area contributed by atoms with Gasteiger partial charge in [0.05, 0.1) is 5.02 Å². The van der Waals surface area contributed by atoms with Crippen molar-refractivity contribution in [3.63, 3.8) is 0 Å². The van der Waals surface area contributed by atoms with Gasteiger partial charge in [-0.1, -0.05) is 57.9 Å². The molecule has 0 spiro atoms. The number of halogens is 2. The molecule has 0 atom stereocenters. The molecular weight excluding hydrogens is 287 g/mol. The highest BCUT2D eigenvalue weighted by atomic mass is 79.9. The highest BCUT2D eigenvalue weighted by Gasteiger charge is 2.12. The number of benzene rings is 2. The first-order chi connectivity index (χ1) is 7.68. The van der Waals surface area contributed by atoms with Gasteiger partial charge in [0.1, 0.15) is 0 Å². The van der Waals surface area contributed by atoms with Crippen molar-refractivity contribution >= 4 is 33.3 Å². The molecule has 0 aliphatic heterocycles. The van der Waals surface area contributed by atoms with E-state index in [1.165, 1.54) is 0 Å². The molecule has 2 aromatic carbocycles. The average molecular weight is 296 g/mol. The van der Waals surface area contributed by atoms with Gasteiger partial charge in [0.15, 0.2) is 5.78 Å². The summed E-state index contributed by atoms with van der Waals surface area (Å²) in [6.07, 6.45) is 0. The van der Waals surface area contributed by atoms with Crippen LogP contribution in [0.25, 0.3) is 0 Å². The molecule has 0 aliphatic carbocycles. The van der Waals surface area contributed by atoms with Crippen LogP contribution < -0.4 is 0 Å². The van der Waals surface area contributed by atoms with Gasteiger partial charge >= 0.3 is 0 Å². The first kappa shape index (κ1) is 11.4. The Labute approximate surface area is 107 Å². The van der Waals surface area contributed by atoms with Crippen molar-refractivity contribution in [1.82, 2.24) is 0 Å². The lowest BCUT2D eigenvalue weighted by Crippen LogP contribution is -2.01. The molecule has 0 N–H and O–H groups in total. The summed E-state index contributed by atoms with van der Waals surface area (Å²) in [7, 11) is 0. The minimum atomic E-state index is -0.0631. The van der Waals surface area contributed by atoms with Crippen molar-refractivity contribution in [2.24, 2.45) is 0 Å². The third-order valence-corrected chi connectivity index (χ3v) is 3.03. The zero-order valence-corrected chi connectivity index (χ0v) is 10.6. The summed E-state index contributed by atoms with van der Waals surface area (Å²) in [6.45, 7) is 0. The SMILES string of the molecule is O=C(c1ccccc1)c1cc(Br)ccc1Cl. The molecule has 80 valence electrons. The quantitative estimate of drug-likeness (QED) is 0.754. The van der Waals surface area contributed by atoms with Crippen LogP contribution in [0.3, 0.4) is 0 Å². The molecule has 0 aliphatic rings. The summed E-state index contributed by atoms with van der Waals surface area (Å²) >= 11 is 9.33. The van der Waals surface area contributed by atoms with E-state index in [0.717, 1.165) is 4.47 Å². The molecular formula is C13H8BrClO. The fraction of sp³-hybridized carbons (Fsp3) is 0. The van der Waals surface area contributed by atoms with Crippen LogP contribution in [0.2, 0.25) is 5.02 Å². The first-order valence-corrected chi connectivity index (χ1v) is 5.90. The van der Waals surface area contributed by atoms with E-state index < -0.39 is 0 Å². The Bertz CT molecular complexity index is 523. The van der Waals surface area contributed by atoms with E-state index in [0.29, 0.717) is 16.1 Å². The van der Waals surface area contributed by atoms with Gasteiger partial charge in [0.25, 0.3) is 0 Å². The lowest BCUT2D eigenvalue weighted by Gasteiger charge is -2.04. The highest BCUT2D eigenvalue weighted by Crippen LogP contribution is 2.23. The van der Waals surface area contributed by atoms with Gasteiger partial charge in [-0.15, -0.1) is 0 Å². The molecule has 0 heterocycles. The van der Waals surface area contributed by atoms with E-state index in [9.17, 15) is 4.79 Å². The van der Waals surface area contributed by atoms with Crippen molar-refractivity contribution in [2.45, 2.75) is 0 Å². The van der Waals surface area contributed by atoms with Gasteiger partial charge in [-0.25, -0.2) is 0 Å². The van der Waals surface area contributed by atoms with Crippen molar-refractivity contribution in [3.8, 4) is 0 Å². The third kappa shape index (κ3) is 2.34. The molecule has 0 radical (unpaired) electrons. The second-order valence-corrected chi connectivity index (χ2v) is 4.64. The molecule has 0 saturated heterocycles. The fourth-order valence-corrected chi connectivity index (χ4v) is 1.98. The van der Waals surface area contributed by atoms with Gasteiger partial charge in [-0.3, -0.25) is 4.79 Å². The Hall–Kier alpha value is -1.12. The Balaban J connectivity index is 2.46. The third-order valence-electron chi connectivity index (χ3n) is 2.21. The topological polar surface area (TPSA) is 17.1 Å². The van der Waals surface area contributed by atoms with Crippen molar-refractivity contribution < 1.29 is 4.79 Å². The summed E-state index contributed by atoms with van der Waals surface area (Å²) in [5.74, 6) is -0.0631. The number of carbonyl (C=O) groups is 1. The van der Waals surface area contributed by atoms with E-state index in [1.54, 1.807) is 24.3 Å². The number of carbonyl (C=O) groups excluding carboxylic acids is 1. The fourth-order valence-electron chi connectivity index (χ4n) is 1.42. The minimum absolute atomic E-state index is 0.0631. The Morgan fingerprint density at radius 3 is 2.44 bits per heavy atom. The first-order valence-electron chi connectivity index (χ1n) is 4.73. The number of hydrogen-bond donors (Lipinski definition) is 0. The molecule has 16 heavy (non-hydrogen) atoms. The van der Waals surface area contributed by atoms with Gasteiger partial charge in [0.2, 0.25) is 0 Å². The van der Waals surface area contributed by atoms with Gasteiger partial charge in [-0.2, -0.15) is 0 Å². The molecule has 2 rings (SSSR count). The summed E-state index contributed by atoms with van der Waals surface area (Å²) in [5, 5.41) is 0.469. The van der Waals surface area contributed by atoms with Crippen molar-refractivity contribution in [3.05, 3.63) is 69.2 Å². The molecule has 0 aromatic heterocycles. The van der Waals surface area contributed by atoms with Gasteiger partial charge in [0, 0.05) is 15.6 Å². The summed E-state index contributed by atoms with van der Waals surface area (Å²) < 4.78 is 0.844. The molecule has 2 aromatic rings. The summed E-state index contributed by atoms with van der Waals surface area (Å²) in [4.78, 5) is 12.1. The van der Waals surface area contributed by atoms with Crippen LogP contribution in [-0.2, 0) is 0 Å².